The van der Waals surface area contributed by atoms with Crippen LogP contribution in [0.3, 0.4) is 0 Å². The third kappa shape index (κ3) is 5.63. The monoisotopic (exact) mass is 263 g/mol. The Hall–Kier alpha value is -0.0500. The highest BCUT2D eigenvalue weighted by Gasteiger charge is 2.15. The molecular weight excluding hydrogens is 242 g/mol. The highest BCUT2D eigenvalue weighted by Crippen LogP contribution is 2.07. The van der Waals surface area contributed by atoms with Crippen molar-refractivity contribution in [2.75, 3.05) is 5.33 Å². The van der Waals surface area contributed by atoms with Crippen molar-refractivity contribution in [1.29, 1.82) is 0 Å². The van der Waals surface area contributed by atoms with Gasteiger partial charge in [0.05, 0.1) is 0 Å². The summed E-state index contributed by atoms with van der Waals surface area (Å²) in [4.78, 5) is 11.7. The molecule has 2 nitrogen and oxygen atoms in total. The SMILES string of the molecule is CCCC(C)C(=O)NC(CC)CCBr. The van der Waals surface area contributed by atoms with Crippen molar-refractivity contribution in [3.63, 3.8) is 0 Å². The minimum atomic E-state index is 0.157. The molecule has 84 valence electrons. The van der Waals surface area contributed by atoms with Gasteiger partial charge in [0.2, 0.25) is 5.91 Å². The molecule has 3 heteroatoms. The van der Waals surface area contributed by atoms with Gasteiger partial charge in [-0.2, -0.15) is 0 Å². The number of halogens is 1. The summed E-state index contributed by atoms with van der Waals surface area (Å²) in [6.07, 6.45) is 4.08. The lowest BCUT2D eigenvalue weighted by atomic mass is 10.0. The van der Waals surface area contributed by atoms with Crippen LogP contribution in [0, 0.1) is 5.92 Å². The van der Waals surface area contributed by atoms with Crippen LogP contribution < -0.4 is 5.32 Å². The van der Waals surface area contributed by atoms with Gasteiger partial charge < -0.3 is 5.32 Å². The van der Waals surface area contributed by atoms with Gasteiger partial charge in [-0.1, -0.05) is 43.1 Å². The molecule has 0 aliphatic rings. The van der Waals surface area contributed by atoms with E-state index in [0.717, 1.165) is 31.0 Å². The third-order valence-electron chi connectivity index (χ3n) is 2.47. The van der Waals surface area contributed by atoms with Crippen molar-refractivity contribution in [2.45, 2.75) is 52.5 Å². The van der Waals surface area contributed by atoms with Crippen LogP contribution in [0.1, 0.15) is 46.5 Å². The van der Waals surface area contributed by atoms with E-state index >= 15 is 0 Å². The van der Waals surface area contributed by atoms with Crippen molar-refractivity contribution in [1.82, 2.24) is 5.32 Å². The highest BCUT2D eigenvalue weighted by atomic mass is 79.9. The molecule has 2 atom stereocenters. The molecule has 1 amide bonds. The smallest absolute Gasteiger partial charge is 0.223 e. The molecule has 0 aliphatic carbocycles. The lowest BCUT2D eigenvalue weighted by molar-refractivity contribution is -0.125. The summed E-state index contributed by atoms with van der Waals surface area (Å²) in [6, 6.07) is 0.334. The number of carbonyl (C=O) groups is 1. The molecule has 0 fully saturated rings. The Balaban J connectivity index is 3.88. The van der Waals surface area contributed by atoms with E-state index in [2.05, 4.69) is 35.1 Å². The first kappa shape index (κ1) is 13.9. The van der Waals surface area contributed by atoms with Crippen LogP contribution in [0.5, 0.6) is 0 Å². The van der Waals surface area contributed by atoms with E-state index in [-0.39, 0.29) is 11.8 Å². The summed E-state index contributed by atoms with van der Waals surface area (Å²) in [7, 11) is 0. The van der Waals surface area contributed by atoms with Gasteiger partial charge in [-0.3, -0.25) is 4.79 Å². The minimum Gasteiger partial charge on any atom is -0.353 e. The van der Waals surface area contributed by atoms with Gasteiger partial charge in [0.25, 0.3) is 0 Å². The summed E-state index contributed by atoms with van der Waals surface area (Å²) < 4.78 is 0. The maximum absolute atomic E-state index is 11.7. The van der Waals surface area contributed by atoms with Gasteiger partial charge in [0.1, 0.15) is 0 Å². The Bertz CT molecular complexity index is 161. The second-order valence-corrected chi connectivity index (χ2v) is 4.57. The molecule has 0 aromatic heterocycles. The van der Waals surface area contributed by atoms with Crippen molar-refractivity contribution in [3.8, 4) is 0 Å². The Morgan fingerprint density at radius 2 is 2.00 bits per heavy atom. The van der Waals surface area contributed by atoms with Crippen LogP contribution in [-0.4, -0.2) is 17.3 Å². The number of hydrogen-bond acceptors (Lipinski definition) is 1. The van der Waals surface area contributed by atoms with Gasteiger partial charge in [-0.05, 0) is 19.3 Å². The van der Waals surface area contributed by atoms with Crippen LogP contribution in [0.2, 0.25) is 0 Å². The quantitative estimate of drug-likeness (QED) is 0.703. The van der Waals surface area contributed by atoms with Gasteiger partial charge in [0.15, 0.2) is 0 Å². The molecule has 2 unspecified atom stereocenters. The first-order valence-electron chi connectivity index (χ1n) is 5.52. The fourth-order valence-electron chi connectivity index (χ4n) is 1.42. The minimum absolute atomic E-state index is 0.157. The second kappa shape index (κ2) is 8.27. The van der Waals surface area contributed by atoms with Crippen molar-refractivity contribution in [3.05, 3.63) is 0 Å². The number of rotatable bonds is 7. The summed E-state index contributed by atoms with van der Waals surface area (Å²) in [6.45, 7) is 6.22. The predicted molar refractivity (Wildman–Crippen MR) is 64.7 cm³/mol. The molecule has 14 heavy (non-hydrogen) atoms. The fourth-order valence-corrected chi connectivity index (χ4v) is 1.97. The molecule has 0 aliphatic heterocycles. The third-order valence-corrected chi connectivity index (χ3v) is 2.92. The van der Waals surface area contributed by atoms with Crippen LogP contribution in [0.4, 0.5) is 0 Å². The first-order valence-corrected chi connectivity index (χ1v) is 6.64. The number of amides is 1. The van der Waals surface area contributed by atoms with Crippen molar-refractivity contribution >= 4 is 21.8 Å². The van der Waals surface area contributed by atoms with Gasteiger partial charge in [-0.25, -0.2) is 0 Å². The zero-order valence-electron chi connectivity index (χ0n) is 9.48. The summed E-state index contributed by atoms with van der Waals surface area (Å²) in [5, 5.41) is 4.04. The van der Waals surface area contributed by atoms with Gasteiger partial charge >= 0.3 is 0 Å². The molecule has 0 aromatic carbocycles. The predicted octanol–water partition coefficient (Wildman–Crippen LogP) is 3.10. The number of hydrogen-bond donors (Lipinski definition) is 1. The molecule has 0 saturated carbocycles. The molecular formula is C11H22BrNO. The van der Waals surface area contributed by atoms with Crippen LogP contribution in [0.25, 0.3) is 0 Å². The molecule has 0 aromatic rings. The van der Waals surface area contributed by atoms with E-state index in [1.807, 2.05) is 6.92 Å². The number of carbonyl (C=O) groups excluding carboxylic acids is 1. The van der Waals surface area contributed by atoms with Gasteiger partial charge in [0, 0.05) is 17.3 Å². The topological polar surface area (TPSA) is 29.1 Å². The lowest BCUT2D eigenvalue weighted by Gasteiger charge is -2.18. The Labute approximate surface area is 96.0 Å². The molecule has 0 saturated heterocycles. The molecule has 0 heterocycles. The number of nitrogens with one attached hydrogen (secondary N) is 1. The van der Waals surface area contributed by atoms with Crippen molar-refractivity contribution in [2.24, 2.45) is 5.92 Å². The average Bonchev–Trinajstić information content (AvgIpc) is 2.17. The summed E-state index contributed by atoms with van der Waals surface area (Å²) in [5.41, 5.74) is 0. The Morgan fingerprint density at radius 3 is 2.43 bits per heavy atom. The van der Waals surface area contributed by atoms with E-state index in [1.54, 1.807) is 0 Å². The van der Waals surface area contributed by atoms with Crippen LogP contribution >= 0.6 is 15.9 Å². The van der Waals surface area contributed by atoms with E-state index in [1.165, 1.54) is 0 Å². The van der Waals surface area contributed by atoms with E-state index in [0.29, 0.717) is 6.04 Å². The molecule has 0 spiro atoms. The molecule has 0 radical (unpaired) electrons. The largest absolute Gasteiger partial charge is 0.353 e. The van der Waals surface area contributed by atoms with E-state index in [4.69, 9.17) is 0 Å². The number of alkyl halides is 1. The Morgan fingerprint density at radius 1 is 1.36 bits per heavy atom. The summed E-state index contributed by atoms with van der Waals surface area (Å²) >= 11 is 3.40. The average molecular weight is 264 g/mol. The van der Waals surface area contributed by atoms with Gasteiger partial charge in [-0.15, -0.1) is 0 Å². The van der Waals surface area contributed by atoms with E-state index in [9.17, 15) is 4.79 Å². The first-order chi connectivity index (χ1) is 6.65. The maximum atomic E-state index is 11.7. The Kier molecular flexibility index (Phi) is 8.24. The molecule has 0 rings (SSSR count). The second-order valence-electron chi connectivity index (χ2n) is 3.78. The normalized spacial score (nSPS) is 14.9. The standard InChI is InChI=1S/C11H22BrNO/c1-4-6-9(3)11(14)13-10(5-2)7-8-12/h9-10H,4-8H2,1-3H3,(H,13,14). The lowest BCUT2D eigenvalue weighted by Crippen LogP contribution is -2.38. The van der Waals surface area contributed by atoms with Crippen LogP contribution in [0.15, 0.2) is 0 Å². The fraction of sp³-hybridized carbons (Fsp3) is 0.909. The molecule has 1 N–H and O–H groups in total. The molecule has 0 bridgehead atoms. The van der Waals surface area contributed by atoms with Crippen LogP contribution in [-0.2, 0) is 4.79 Å². The summed E-state index contributed by atoms with van der Waals surface area (Å²) in [5.74, 6) is 0.365. The van der Waals surface area contributed by atoms with Crippen molar-refractivity contribution < 1.29 is 4.79 Å². The maximum Gasteiger partial charge on any atom is 0.223 e. The zero-order chi connectivity index (χ0) is 11.0. The zero-order valence-corrected chi connectivity index (χ0v) is 11.1. The highest BCUT2D eigenvalue weighted by molar-refractivity contribution is 9.09. The van der Waals surface area contributed by atoms with E-state index < -0.39 is 0 Å².